The molecule has 1 aromatic rings. The SMILES string of the molecule is C[C@H](CC(=O)[C@H](CCCCN)NC(=O)[C@@H](N)CCCCN)Cc1ccccc1. The molecular formula is C22H38N4O2. The Morgan fingerprint density at radius 2 is 1.57 bits per heavy atom. The minimum Gasteiger partial charge on any atom is -0.345 e. The van der Waals surface area contributed by atoms with E-state index in [4.69, 9.17) is 17.2 Å². The summed E-state index contributed by atoms with van der Waals surface area (Å²) in [6, 6.07) is 9.05. The highest BCUT2D eigenvalue weighted by Crippen LogP contribution is 2.15. The maximum atomic E-state index is 12.9. The van der Waals surface area contributed by atoms with Crippen molar-refractivity contribution in [3.63, 3.8) is 0 Å². The number of nitrogens with one attached hydrogen (secondary N) is 1. The molecule has 6 heteroatoms. The topological polar surface area (TPSA) is 124 Å². The van der Waals surface area contributed by atoms with Crippen LogP contribution in [-0.2, 0) is 16.0 Å². The highest BCUT2D eigenvalue weighted by molar-refractivity contribution is 5.90. The van der Waals surface area contributed by atoms with Crippen molar-refractivity contribution in [3.05, 3.63) is 35.9 Å². The Bertz CT molecular complexity index is 565. The van der Waals surface area contributed by atoms with Crippen LogP contribution in [0.25, 0.3) is 0 Å². The number of hydrogen-bond donors (Lipinski definition) is 4. The van der Waals surface area contributed by atoms with Crippen LogP contribution >= 0.6 is 0 Å². The number of Topliss-reactive ketones (excluding diaryl/α,β-unsaturated/α-hetero) is 1. The highest BCUT2D eigenvalue weighted by atomic mass is 16.2. The van der Waals surface area contributed by atoms with E-state index in [1.165, 1.54) is 5.56 Å². The van der Waals surface area contributed by atoms with Crippen molar-refractivity contribution in [2.75, 3.05) is 13.1 Å². The Balaban J connectivity index is 2.60. The first-order chi connectivity index (χ1) is 13.5. The molecule has 28 heavy (non-hydrogen) atoms. The van der Waals surface area contributed by atoms with Gasteiger partial charge < -0.3 is 22.5 Å². The number of rotatable bonds is 15. The summed E-state index contributed by atoms with van der Waals surface area (Å²) in [5.74, 6) is 0.0313. The van der Waals surface area contributed by atoms with Gasteiger partial charge in [0.2, 0.25) is 5.91 Å². The van der Waals surface area contributed by atoms with E-state index in [2.05, 4.69) is 24.4 Å². The van der Waals surface area contributed by atoms with Crippen LogP contribution in [0.5, 0.6) is 0 Å². The molecule has 0 radical (unpaired) electrons. The Kier molecular flexibility index (Phi) is 12.4. The summed E-state index contributed by atoms with van der Waals surface area (Å²) >= 11 is 0. The number of ketones is 1. The van der Waals surface area contributed by atoms with Gasteiger partial charge >= 0.3 is 0 Å². The van der Waals surface area contributed by atoms with Gasteiger partial charge in [0.05, 0.1) is 12.1 Å². The second kappa shape index (κ2) is 14.3. The van der Waals surface area contributed by atoms with E-state index in [-0.39, 0.29) is 17.6 Å². The summed E-state index contributed by atoms with van der Waals surface area (Å²) in [5.41, 5.74) is 18.3. The summed E-state index contributed by atoms with van der Waals surface area (Å²) in [7, 11) is 0. The fourth-order valence-electron chi connectivity index (χ4n) is 3.30. The largest absolute Gasteiger partial charge is 0.345 e. The van der Waals surface area contributed by atoms with Crippen LogP contribution in [0.4, 0.5) is 0 Å². The third-order valence-electron chi connectivity index (χ3n) is 4.93. The van der Waals surface area contributed by atoms with Gasteiger partial charge in [-0.25, -0.2) is 0 Å². The zero-order valence-corrected chi connectivity index (χ0v) is 17.2. The number of carbonyl (C=O) groups is 2. The maximum Gasteiger partial charge on any atom is 0.237 e. The molecule has 1 aromatic carbocycles. The first-order valence-corrected chi connectivity index (χ1v) is 10.5. The van der Waals surface area contributed by atoms with Gasteiger partial charge in [-0.3, -0.25) is 9.59 Å². The van der Waals surface area contributed by atoms with Crippen LogP contribution in [-0.4, -0.2) is 36.9 Å². The van der Waals surface area contributed by atoms with Crippen molar-refractivity contribution in [3.8, 4) is 0 Å². The zero-order chi connectivity index (χ0) is 20.8. The van der Waals surface area contributed by atoms with Gasteiger partial charge in [0.1, 0.15) is 0 Å². The molecule has 0 heterocycles. The summed E-state index contributed by atoms with van der Waals surface area (Å²) < 4.78 is 0. The first-order valence-electron chi connectivity index (χ1n) is 10.5. The van der Waals surface area contributed by atoms with Gasteiger partial charge in [0.25, 0.3) is 0 Å². The van der Waals surface area contributed by atoms with E-state index in [1.807, 2.05) is 18.2 Å². The molecule has 0 aliphatic heterocycles. The van der Waals surface area contributed by atoms with Gasteiger partial charge in [0.15, 0.2) is 5.78 Å². The molecule has 0 fully saturated rings. The standard InChI is InChI=1S/C22H38N4O2/c1-17(15-18-9-3-2-4-10-18)16-21(27)20(12-6-8-14-24)26-22(28)19(25)11-5-7-13-23/h2-4,9-10,17,19-20H,5-8,11-16,23-25H2,1H3,(H,26,28)/t17-,19-,20-/m0/s1. The van der Waals surface area contributed by atoms with Crippen molar-refractivity contribution in [2.45, 2.75) is 70.4 Å². The van der Waals surface area contributed by atoms with E-state index in [1.54, 1.807) is 0 Å². The second-order valence-electron chi connectivity index (χ2n) is 7.70. The number of hydrogen-bond acceptors (Lipinski definition) is 5. The fourth-order valence-corrected chi connectivity index (χ4v) is 3.30. The molecule has 6 nitrogen and oxygen atoms in total. The maximum absolute atomic E-state index is 12.9. The lowest BCUT2D eigenvalue weighted by Gasteiger charge is -2.22. The van der Waals surface area contributed by atoms with Crippen molar-refractivity contribution >= 4 is 11.7 Å². The monoisotopic (exact) mass is 390 g/mol. The molecule has 1 rings (SSSR count). The molecule has 7 N–H and O–H groups in total. The van der Waals surface area contributed by atoms with E-state index in [9.17, 15) is 9.59 Å². The molecule has 0 spiro atoms. The minimum atomic E-state index is -0.599. The van der Waals surface area contributed by atoms with E-state index in [0.29, 0.717) is 32.4 Å². The van der Waals surface area contributed by atoms with Gasteiger partial charge in [-0.2, -0.15) is 0 Å². The van der Waals surface area contributed by atoms with Crippen molar-refractivity contribution in [1.82, 2.24) is 5.32 Å². The van der Waals surface area contributed by atoms with Gasteiger partial charge in [-0.05, 0) is 63.1 Å². The van der Waals surface area contributed by atoms with Crippen LogP contribution < -0.4 is 22.5 Å². The van der Waals surface area contributed by atoms with Gasteiger partial charge in [0, 0.05) is 6.42 Å². The average Bonchev–Trinajstić information content (AvgIpc) is 2.67. The van der Waals surface area contributed by atoms with Gasteiger partial charge in [-0.1, -0.05) is 43.7 Å². The lowest BCUT2D eigenvalue weighted by atomic mass is 9.92. The van der Waals surface area contributed by atoms with Crippen molar-refractivity contribution < 1.29 is 9.59 Å². The molecule has 0 aliphatic carbocycles. The van der Waals surface area contributed by atoms with E-state index >= 15 is 0 Å². The summed E-state index contributed by atoms with van der Waals surface area (Å²) in [6.45, 7) is 3.24. The molecule has 158 valence electrons. The smallest absolute Gasteiger partial charge is 0.237 e. The Morgan fingerprint density at radius 3 is 2.18 bits per heavy atom. The van der Waals surface area contributed by atoms with Crippen LogP contribution in [0.1, 0.15) is 57.4 Å². The van der Waals surface area contributed by atoms with Crippen LogP contribution in [0.15, 0.2) is 30.3 Å². The Labute approximate surface area is 169 Å². The fraction of sp³-hybridized carbons (Fsp3) is 0.636. The number of unbranched alkanes of at least 4 members (excludes halogenated alkanes) is 2. The summed E-state index contributed by atoms with van der Waals surface area (Å²) in [5, 5.41) is 2.89. The molecule has 0 saturated carbocycles. The zero-order valence-electron chi connectivity index (χ0n) is 17.2. The lowest BCUT2D eigenvalue weighted by Crippen LogP contribution is -2.48. The van der Waals surface area contributed by atoms with E-state index in [0.717, 1.165) is 32.1 Å². The van der Waals surface area contributed by atoms with Gasteiger partial charge in [-0.15, -0.1) is 0 Å². The lowest BCUT2D eigenvalue weighted by molar-refractivity contribution is -0.129. The predicted octanol–water partition coefficient (Wildman–Crippen LogP) is 1.89. The van der Waals surface area contributed by atoms with E-state index < -0.39 is 12.1 Å². The predicted molar refractivity (Wildman–Crippen MR) is 115 cm³/mol. The molecule has 0 aromatic heterocycles. The molecular weight excluding hydrogens is 352 g/mol. The number of amides is 1. The summed E-state index contributed by atoms with van der Waals surface area (Å²) in [4.78, 5) is 25.3. The van der Waals surface area contributed by atoms with Crippen molar-refractivity contribution in [2.24, 2.45) is 23.1 Å². The molecule has 0 unspecified atom stereocenters. The Morgan fingerprint density at radius 1 is 0.964 bits per heavy atom. The van der Waals surface area contributed by atoms with Crippen LogP contribution in [0.2, 0.25) is 0 Å². The average molecular weight is 391 g/mol. The number of benzene rings is 1. The number of carbonyl (C=O) groups excluding carboxylic acids is 2. The molecule has 0 saturated heterocycles. The normalized spacial score (nSPS) is 14.3. The van der Waals surface area contributed by atoms with Crippen LogP contribution in [0, 0.1) is 5.92 Å². The van der Waals surface area contributed by atoms with Crippen molar-refractivity contribution in [1.29, 1.82) is 0 Å². The number of nitrogens with two attached hydrogens (primary N) is 3. The quantitative estimate of drug-likeness (QED) is 0.340. The van der Waals surface area contributed by atoms with Crippen LogP contribution in [0.3, 0.4) is 0 Å². The first kappa shape index (κ1) is 24.3. The minimum absolute atomic E-state index is 0.0722. The highest BCUT2D eigenvalue weighted by Gasteiger charge is 2.24. The summed E-state index contributed by atoms with van der Waals surface area (Å²) in [6.07, 6.45) is 5.76. The molecule has 1 amide bonds. The molecule has 0 bridgehead atoms. The second-order valence-corrected chi connectivity index (χ2v) is 7.70. The molecule has 0 aliphatic rings. The third kappa shape index (κ3) is 9.97. The Hall–Kier alpha value is -1.76. The third-order valence-corrected chi connectivity index (χ3v) is 4.93. The molecule has 3 atom stereocenters.